The van der Waals surface area contributed by atoms with Gasteiger partial charge in [-0.2, -0.15) is 0 Å². The second-order valence-corrected chi connectivity index (χ2v) is 6.85. The minimum atomic E-state index is -0.226. The van der Waals surface area contributed by atoms with Crippen LogP contribution in [0.2, 0.25) is 0 Å². The van der Waals surface area contributed by atoms with E-state index in [0.29, 0.717) is 13.2 Å². The molecule has 0 unspecified atom stereocenters. The van der Waals surface area contributed by atoms with Crippen molar-refractivity contribution >= 4 is 17.2 Å². The number of hydrogen-bond donors (Lipinski definition) is 1. The van der Waals surface area contributed by atoms with Crippen LogP contribution in [0, 0.1) is 12.3 Å². The molecule has 1 atom stereocenters. The van der Waals surface area contributed by atoms with Gasteiger partial charge in [0.05, 0.1) is 11.5 Å². The molecule has 1 aromatic heterocycles. The summed E-state index contributed by atoms with van der Waals surface area (Å²) in [6, 6.07) is -0.0132. The van der Waals surface area contributed by atoms with E-state index in [1.165, 1.54) is 0 Å². The summed E-state index contributed by atoms with van der Waals surface area (Å²) in [4.78, 5) is 17.2. The first-order valence-corrected chi connectivity index (χ1v) is 8.76. The molecule has 0 aromatic carbocycles. The van der Waals surface area contributed by atoms with Crippen LogP contribution in [-0.2, 0) is 9.53 Å². The molecule has 0 spiro atoms. The number of amides is 1. The van der Waals surface area contributed by atoms with Crippen LogP contribution in [0.5, 0.6) is 0 Å². The molecule has 0 radical (unpaired) electrons. The highest BCUT2D eigenvalue weighted by Crippen LogP contribution is 2.41. The third kappa shape index (κ3) is 4.04. The Labute approximate surface area is 131 Å². The molecule has 118 valence electrons. The summed E-state index contributed by atoms with van der Waals surface area (Å²) in [5.41, 5.74) is 0.790. The number of nitrogens with zero attached hydrogens (tertiary/aromatic N) is 1. The molecule has 0 saturated heterocycles. The third-order valence-electron chi connectivity index (χ3n) is 4.33. The zero-order chi connectivity index (χ0) is 15.3. The molecule has 1 saturated carbocycles. The van der Waals surface area contributed by atoms with Crippen LogP contribution in [0.3, 0.4) is 0 Å². The van der Waals surface area contributed by atoms with Crippen LogP contribution in [0.4, 0.5) is 0 Å². The molecule has 1 heterocycles. The maximum atomic E-state index is 12.8. The van der Waals surface area contributed by atoms with Crippen LogP contribution in [0.1, 0.15) is 62.7 Å². The van der Waals surface area contributed by atoms with Crippen molar-refractivity contribution in [3.8, 4) is 0 Å². The first-order valence-electron chi connectivity index (χ1n) is 7.88. The highest BCUT2D eigenvalue weighted by molar-refractivity contribution is 7.09. The normalized spacial score (nSPS) is 18.6. The van der Waals surface area contributed by atoms with Crippen molar-refractivity contribution in [1.29, 1.82) is 0 Å². The van der Waals surface area contributed by atoms with E-state index in [1.54, 1.807) is 11.3 Å². The van der Waals surface area contributed by atoms with E-state index in [9.17, 15) is 4.79 Å². The first kappa shape index (κ1) is 16.4. The minimum absolute atomic E-state index is 0.0132. The van der Waals surface area contributed by atoms with Crippen LogP contribution < -0.4 is 5.32 Å². The van der Waals surface area contributed by atoms with E-state index < -0.39 is 0 Å². The second kappa shape index (κ2) is 7.36. The minimum Gasteiger partial charge on any atom is -0.382 e. The highest BCUT2D eigenvalue weighted by atomic mass is 32.1. The van der Waals surface area contributed by atoms with Crippen molar-refractivity contribution in [2.24, 2.45) is 5.41 Å². The molecule has 1 N–H and O–H groups in total. The molecular formula is C16H26N2O2S. The number of ether oxygens (including phenoxy) is 1. The Balaban J connectivity index is 1.98. The van der Waals surface area contributed by atoms with Crippen LogP contribution >= 0.6 is 11.3 Å². The smallest absolute Gasteiger partial charge is 0.226 e. The quantitative estimate of drug-likeness (QED) is 0.783. The van der Waals surface area contributed by atoms with Crippen molar-refractivity contribution in [2.45, 2.75) is 58.9 Å². The van der Waals surface area contributed by atoms with Gasteiger partial charge in [-0.3, -0.25) is 4.79 Å². The zero-order valence-electron chi connectivity index (χ0n) is 13.3. The van der Waals surface area contributed by atoms with Crippen molar-refractivity contribution in [3.63, 3.8) is 0 Å². The summed E-state index contributed by atoms with van der Waals surface area (Å²) >= 11 is 1.61. The Bertz CT molecular complexity index is 467. The molecule has 5 heteroatoms. The predicted molar refractivity (Wildman–Crippen MR) is 85.4 cm³/mol. The molecule has 1 aliphatic rings. The Morgan fingerprint density at radius 1 is 1.52 bits per heavy atom. The van der Waals surface area contributed by atoms with Crippen molar-refractivity contribution in [2.75, 3.05) is 13.2 Å². The van der Waals surface area contributed by atoms with Gasteiger partial charge in [-0.15, -0.1) is 11.3 Å². The number of aryl methyl sites for hydroxylation is 1. The lowest BCUT2D eigenvalue weighted by molar-refractivity contribution is -0.132. The summed E-state index contributed by atoms with van der Waals surface area (Å²) in [6.07, 6.45) is 5.08. The zero-order valence-corrected chi connectivity index (χ0v) is 14.1. The first-order chi connectivity index (χ1) is 10.1. The fourth-order valence-corrected chi connectivity index (χ4v) is 3.84. The van der Waals surface area contributed by atoms with Gasteiger partial charge in [-0.05, 0) is 40.0 Å². The molecule has 0 bridgehead atoms. The largest absolute Gasteiger partial charge is 0.382 e. The van der Waals surface area contributed by atoms with Gasteiger partial charge in [0.2, 0.25) is 5.91 Å². The second-order valence-electron chi connectivity index (χ2n) is 5.96. The number of thiazole rings is 1. The predicted octanol–water partition coefficient (Wildman–Crippen LogP) is 3.62. The lowest BCUT2D eigenvalue weighted by Gasteiger charge is -2.29. The average molecular weight is 310 g/mol. The number of carbonyl (C=O) groups excluding carboxylic acids is 1. The molecule has 2 rings (SSSR count). The van der Waals surface area contributed by atoms with E-state index in [4.69, 9.17) is 4.74 Å². The average Bonchev–Trinajstić information content (AvgIpc) is 3.09. The summed E-state index contributed by atoms with van der Waals surface area (Å²) in [6.45, 7) is 7.38. The Morgan fingerprint density at radius 3 is 2.81 bits per heavy atom. The van der Waals surface area contributed by atoms with E-state index in [0.717, 1.165) is 42.8 Å². The fraction of sp³-hybridized carbons (Fsp3) is 0.750. The van der Waals surface area contributed by atoms with Gasteiger partial charge < -0.3 is 10.1 Å². The SMILES string of the molecule is CCOCCC1(C(=O)N[C@H](C)c2nc(C)cs2)CCCC1. The van der Waals surface area contributed by atoms with Crippen molar-refractivity contribution < 1.29 is 9.53 Å². The monoisotopic (exact) mass is 310 g/mol. The highest BCUT2D eigenvalue weighted by Gasteiger charge is 2.41. The lowest BCUT2D eigenvalue weighted by Crippen LogP contribution is -2.41. The summed E-state index contributed by atoms with van der Waals surface area (Å²) in [7, 11) is 0. The van der Waals surface area contributed by atoms with Crippen LogP contribution in [0.15, 0.2) is 5.38 Å². The molecule has 1 aromatic rings. The number of nitrogens with one attached hydrogen (secondary N) is 1. The number of hydrogen-bond acceptors (Lipinski definition) is 4. The van der Waals surface area contributed by atoms with E-state index in [2.05, 4.69) is 10.3 Å². The lowest BCUT2D eigenvalue weighted by atomic mass is 9.81. The molecule has 1 fully saturated rings. The van der Waals surface area contributed by atoms with Gasteiger partial charge in [0.15, 0.2) is 0 Å². The van der Waals surface area contributed by atoms with E-state index in [-0.39, 0.29) is 17.4 Å². The van der Waals surface area contributed by atoms with Gasteiger partial charge >= 0.3 is 0 Å². The fourth-order valence-electron chi connectivity index (χ4n) is 3.04. The van der Waals surface area contributed by atoms with Crippen LogP contribution in [0.25, 0.3) is 0 Å². The summed E-state index contributed by atoms with van der Waals surface area (Å²) < 4.78 is 5.47. The maximum Gasteiger partial charge on any atom is 0.226 e. The number of rotatable bonds is 7. The van der Waals surface area contributed by atoms with Crippen LogP contribution in [-0.4, -0.2) is 24.1 Å². The number of aromatic nitrogens is 1. The van der Waals surface area contributed by atoms with Gasteiger partial charge in [0.25, 0.3) is 0 Å². The molecular weight excluding hydrogens is 284 g/mol. The molecule has 0 aliphatic heterocycles. The Kier molecular flexibility index (Phi) is 5.76. The summed E-state index contributed by atoms with van der Waals surface area (Å²) in [5.74, 6) is 0.181. The molecule has 4 nitrogen and oxygen atoms in total. The van der Waals surface area contributed by atoms with Gasteiger partial charge in [-0.25, -0.2) is 4.98 Å². The molecule has 21 heavy (non-hydrogen) atoms. The summed E-state index contributed by atoms with van der Waals surface area (Å²) in [5, 5.41) is 6.18. The Hall–Kier alpha value is -0.940. The van der Waals surface area contributed by atoms with E-state index >= 15 is 0 Å². The van der Waals surface area contributed by atoms with E-state index in [1.807, 2.05) is 26.2 Å². The maximum absolute atomic E-state index is 12.8. The standard InChI is InChI=1S/C16H26N2O2S/c1-4-20-10-9-16(7-5-6-8-16)15(19)18-13(3)14-17-12(2)11-21-14/h11,13H,4-10H2,1-3H3,(H,18,19)/t13-/m1/s1. The topological polar surface area (TPSA) is 51.2 Å². The van der Waals surface area contributed by atoms with Gasteiger partial charge in [0.1, 0.15) is 5.01 Å². The third-order valence-corrected chi connectivity index (χ3v) is 5.47. The Morgan fingerprint density at radius 2 is 2.24 bits per heavy atom. The van der Waals surface area contributed by atoms with Gasteiger partial charge in [-0.1, -0.05) is 12.8 Å². The van der Waals surface area contributed by atoms with Crippen molar-refractivity contribution in [1.82, 2.24) is 10.3 Å². The molecule has 1 amide bonds. The number of carbonyl (C=O) groups is 1. The molecule has 1 aliphatic carbocycles. The van der Waals surface area contributed by atoms with Gasteiger partial charge in [0, 0.05) is 24.3 Å². The van der Waals surface area contributed by atoms with Crippen molar-refractivity contribution in [3.05, 3.63) is 16.1 Å².